The number of nitrogens with zero attached hydrogens (tertiary/aromatic N) is 1. The Morgan fingerprint density at radius 1 is 1.53 bits per heavy atom. The lowest BCUT2D eigenvalue weighted by Gasteiger charge is -2.34. The van der Waals surface area contributed by atoms with Gasteiger partial charge in [0.2, 0.25) is 0 Å². The van der Waals surface area contributed by atoms with Gasteiger partial charge in [-0.3, -0.25) is 0 Å². The second-order valence-corrected chi connectivity index (χ2v) is 6.38. The molecule has 0 saturated heterocycles. The Kier molecular flexibility index (Phi) is 3.11. The Morgan fingerprint density at radius 2 is 2.18 bits per heavy atom. The predicted molar refractivity (Wildman–Crippen MR) is 71.2 cm³/mol. The molecule has 0 amide bonds. The number of aliphatic hydroxyl groups is 1. The van der Waals surface area contributed by atoms with Gasteiger partial charge in [-0.15, -0.1) is 0 Å². The molecule has 1 N–H and O–H groups in total. The summed E-state index contributed by atoms with van der Waals surface area (Å²) in [5, 5.41) is 10.3. The van der Waals surface area contributed by atoms with Crippen molar-refractivity contribution < 1.29 is 5.11 Å². The molecule has 0 radical (unpaired) electrons. The third kappa shape index (κ3) is 2.15. The van der Waals surface area contributed by atoms with Crippen LogP contribution in [0.25, 0.3) is 0 Å². The van der Waals surface area contributed by atoms with Crippen molar-refractivity contribution in [3.63, 3.8) is 0 Å². The second kappa shape index (κ2) is 4.16. The number of aromatic nitrogens is 1. The van der Waals surface area contributed by atoms with Crippen molar-refractivity contribution in [3.8, 4) is 0 Å². The highest BCUT2D eigenvalue weighted by atomic mass is 16.3. The van der Waals surface area contributed by atoms with Crippen LogP contribution in [-0.2, 0) is 6.42 Å². The Labute approximate surface area is 105 Å². The summed E-state index contributed by atoms with van der Waals surface area (Å²) in [6.45, 7) is 11.2. The van der Waals surface area contributed by atoms with Gasteiger partial charge in [-0.05, 0) is 44.6 Å². The van der Waals surface area contributed by atoms with Crippen molar-refractivity contribution in [2.75, 3.05) is 0 Å². The fourth-order valence-electron chi connectivity index (χ4n) is 3.16. The van der Waals surface area contributed by atoms with Crippen LogP contribution in [0, 0.1) is 12.3 Å². The predicted octanol–water partition coefficient (Wildman–Crippen LogP) is 3.77. The van der Waals surface area contributed by atoms with E-state index in [0.29, 0.717) is 6.04 Å². The lowest BCUT2D eigenvalue weighted by Crippen LogP contribution is -2.27. The maximum absolute atomic E-state index is 10.3. The van der Waals surface area contributed by atoms with Gasteiger partial charge >= 0.3 is 0 Å². The molecule has 1 aliphatic rings. The largest absolute Gasteiger partial charge is 0.388 e. The van der Waals surface area contributed by atoms with Gasteiger partial charge in [-0.2, -0.15) is 0 Å². The van der Waals surface area contributed by atoms with Gasteiger partial charge in [0.15, 0.2) is 0 Å². The fourth-order valence-corrected chi connectivity index (χ4v) is 3.16. The lowest BCUT2D eigenvalue weighted by atomic mass is 9.75. The molecule has 2 nitrogen and oxygen atoms in total. The van der Waals surface area contributed by atoms with Crippen LogP contribution in [0.3, 0.4) is 0 Å². The summed E-state index contributed by atoms with van der Waals surface area (Å²) in [4.78, 5) is 0. The third-order valence-corrected chi connectivity index (χ3v) is 4.15. The van der Waals surface area contributed by atoms with Gasteiger partial charge in [0.1, 0.15) is 0 Å². The quantitative estimate of drug-likeness (QED) is 0.829. The molecule has 0 spiro atoms. The van der Waals surface area contributed by atoms with Crippen molar-refractivity contribution >= 4 is 0 Å². The van der Waals surface area contributed by atoms with E-state index in [1.165, 1.54) is 17.0 Å². The van der Waals surface area contributed by atoms with E-state index in [-0.39, 0.29) is 11.5 Å². The molecule has 0 fully saturated rings. The van der Waals surface area contributed by atoms with Gasteiger partial charge in [0.05, 0.1) is 6.10 Å². The van der Waals surface area contributed by atoms with E-state index in [1.54, 1.807) is 0 Å². The molecule has 0 bridgehead atoms. The van der Waals surface area contributed by atoms with Crippen LogP contribution in [0.2, 0.25) is 0 Å². The molecular weight excluding hydrogens is 210 g/mol. The molecule has 96 valence electrons. The minimum atomic E-state index is -0.280. The first kappa shape index (κ1) is 12.7. The molecule has 17 heavy (non-hydrogen) atoms. The van der Waals surface area contributed by atoms with E-state index in [4.69, 9.17) is 0 Å². The number of hydrogen-bond acceptors (Lipinski definition) is 1. The van der Waals surface area contributed by atoms with E-state index < -0.39 is 0 Å². The smallest absolute Gasteiger partial charge is 0.0812 e. The van der Waals surface area contributed by atoms with Crippen LogP contribution in [0.4, 0.5) is 0 Å². The SMILES string of the molecule is CCC(C)n1c(C)cc2c1CC(C)(C)CC2O. The van der Waals surface area contributed by atoms with Crippen molar-refractivity contribution in [1.82, 2.24) is 4.57 Å². The Morgan fingerprint density at radius 3 is 2.76 bits per heavy atom. The normalized spacial score (nSPS) is 24.5. The summed E-state index contributed by atoms with van der Waals surface area (Å²) < 4.78 is 2.43. The summed E-state index contributed by atoms with van der Waals surface area (Å²) in [5.74, 6) is 0. The lowest BCUT2D eigenvalue weighted by molar-refractivity contribution is 0.0975. The molecule has 0 aromatic carbocycles. The Bertz CT molecular complexity index is 417. The fraction of sp³-hybridized carbons (Fsp3) is 0.733. The number of rotatable bonds is 2. The molecule has 1 aromatic rings. The van der Waals surface area contributed by atoms with E-state index in [9.17, 15) is 5.11 Å². The number of aryl methyl sites for hydroxylation is 1. The maximum Gasteiger partial charge on any atom is 0.0812 e. The van der Waals surface area contributed by atoms with Crippen LogP contribution >= 0.6 is 0 Å². The van der Waals surface area contributed by atoms with Crippen LogP contribution in [0.1, 0.15) is 69.6 Å². The zero-order valence-corrected chi connectivity index (χ0v) is 11.7. The maximum atomic E-state index is 10.3. The summed E-state index contributed by atoms with van der Waals surface area (Å²) in [6, 6.07) is 2.71. The highest BCUT2D eigenvalue weighted by molar-refractivity contribution is 5.33. The Hall–Kier alpha value is -0.760. The zero-order valence-electron chi connectivity index (χ0n) is 11.7. The second-order valence-electron chi connectivity index (χ2n) is 6.38. The monoisotopic (exact) mass is 235 g/mol. The first-order chi connectivity index (χ1) is 7.85. The standard InChI is InChI=1S/C15H25NO/c1-6-10(2)16-11(3)7-12-13(16)8-15(4,5)9-14(12)17/h7,10,14,17H,6,8-9H2,1-5H3. The number of aliphatic hydroxyl groups excluding tert-OH is 1. The van der Waals surface area contributed by atoms with Gasteiger partial charge in [-0.25, -0.2) is 0 Å². The average Bonchev–Trinajstić information content (AvgIpc) is 2.52. The molecule has 1 heterocycles. The third-order valence-electron chi connectivity index (χ3n) is 4.15. The molecule has 0 aliphatic heterocycles. The molecule has 2 atom stereocenters. The number of fused-ring (bicyclic) bond motifs is 1. The summed E-state index contributed by atoms with van der Waals surface area (Å²) in [6.07, 6.45) is 2.82. The minimum Gasteiger partial charge on any atom is -0.388 e. The molecule has 2 rings (SSSR count). The number of hydrogen-bond donors (Lipinski definition) is 1. The molecule has 1 aliphatic carbocycles. The van der Waals surface area contributed by atoms with Gasteiger partial charge < -0.3 is 9.67 Å². The van der Waals surface area contributed by atoms with Crippen LogP contribution in [0.5, 0.6) is 0 Å². The molecule has 2 unspecified atom stereocenters. The molecule has 1 aromatic heterocycles. The van der Waals surface area contributed by atoms with Gasteiger partial charge in [0.25, 0.3) is 0 Å². The van der Waals surface area contributed by atoms with E-state index in [1.807, 2.05) is 0 Å². The van der Waals surface area contributed by atoms with Crippen LogP contribution in [0.15, 0.2) is 6.07 Å². The molecule has 0 saturated carbocycles. The highest BCUT2D eigenvalue weighted by Crippen LogP contribution is 2.42. The summed E-state index contributed by atoms with van der Waals surface area (Å²) in [7, 11) is 0. The minimum absolute atomic E-state index is 0.211. The summed E-state index contributed by atoms with van der Waals surface area (Å²) in [5.41, 5.74) is 4.03. The van der Waals surface area contributed by atoms with Crippen LogP contribution in [-0.4, -0.2) is 9.67 Å². The first-order valence-electron chi connectivity index (χ1n) is 6.74. The first-order valence-corrected chi connectivity index (χ1v) is 6.74. The van der Waals surface area contributed by atoms with E-state index in [0.717, 1.165) is 19.3 Å². The van der Waals surface area contributed by atoms with Crippen LogP contribution < -0.4 is 0 Å². The van der Waals surface area contributed by atoms with Crippen molar-refractivity contribution in [2.45, 2.75) is 66.0 Å². The Balaban J connectivity index is 2.51. The topological polar surface area (TPSA) is 25.2 Å². The van der Waals surface area contributed by atoms with E-state index in [2.05, 4.69) is 45.3 Å². The summed E-state index contributed by atoms with van der Waals surface area (Å²) >= 11 is 0. The van der Waals surface area contributed by atoms with Crippen molar-refractivity contribution in [2.24, 2.45) is 5.41 Å². The zero-order chi connectivity index (χ0) is 12.8. The van der Waals surface area contributed by atoms with Crippen molar-refractivity contribution in [1.29, 1.82) is 0 Å². The van der Waals surface area contributed by atoms with Gasteiger partial charge in [0, 0.05) is 23.0 Å². The highest BCUT2D eigenvalue weighted by Gasteiger charge is 2.34. The van der Waals surface area contributed by atoms with Crippen molar-refractivity contribution in [3.05, 3.63) is 23.0 Å². The van der Waals surface area contributed by atoms with E-state index >= 15 is 0 Å². The average molecular weight is 235 g/mol. The van der Waals surface area contributed by atoms with Gasteiger partial charge in [-0.1, -0.05) is 20.8 Å². The molecular formula is C15H25NO. The molecule has 2 heteroatoms.